The zero-order valence-electron chi connectivity index (χ0n) is 13.3. The number of hydrogen-bond acceptors (Lipinski definition) is 3. The van der Waals surface area contributed by atoms with Crippen molar-refractivity contribution in [1.29, 1.82) is 0 Å². The first kappa shape index (κ1) is 17.5. The Hall–Kier alpha value is -1.55. The molecule has 4 heteroatoms. The average Bonchev–Trinajstić information content (AvgIpc) is 2.54. The highest BCUT2D eigenvalue weighted by atomic mass is 16.4. The van der Waals surface area contributed by atoms with E-state index in [2.05, 4.69) is 36.5 Å². The minimum absolute atomic E-state index is 0.0952. The predicted molar refractivity (Wildman–Crippen MR) is 88.5 cm³/mol. The molecule has 0 aliphatic rings. The van der Waals surface area contributed by atoms with Crippen LogP contribution in [0.5, 0.6) is 0 Å². The van der Waals surface area contributed by atoms with Gasteiger partial charge in [0.1, 0.15) is 5.84 Å². The van der Waals surface area contributed by atoms with E-state index in [1.807, 2.05) is 18.2 Å². The molecule has 0 amide bonds. The van der Waals surface area contributed by atoms with Gasteiger partial charge in [-0.25, -0.2) is 0 Å². The Kier molecular flexibility index (Phi) is 8.51. The Balaban J connectivity index is 2.64. The Morgan fingerprint density at radius 1 is 1.29 bits per heavy atom. The fourth-order valence-corrected chi connectivity index (χ4v) is 2.50. The van der Waals surface area contributed by atoms with Crippen molar-refractivity contribution < 1.29 is 5.21 Å². The van der Waals surface area contributed by atoms with Gasteiger partial charge in [0.15, 0.2) is 0 Å². The van der Waals surface area contributed by atoms with Gasteiger partial charge in [-0.15, -0.1) is 0 Å². The van der Waals surface area contributed by atoms with E-state index in [0.717, 1.165) is 6.54 Å². The Morgan fingerprint density at radius 2 is 2.00 bits per heavy atom. The van der Waals surface area contributed by atoms with Gasteiger partial charge in [0.05, 0.1) is 0 Å². The number of benzene rings is 1. The van der Waals surface area contributed by atoms with Crippen LogP contribution in [0, 0.1) is 5.92 Å². The molecule has 0 bridgehead atoms. The molecular formula is C17H29N3O. The van der Waals surface area contributed by atoms with Gasteiger partial charge in [-0.3, -0.25) is 0 Å². The predicted octanol–water partition coefficient (Wildman–Crippen LogP) is 3.67. The van der Waals surface area contributed by atoms with E-state index in [4.69, 9.17) is 10.9 Å². The normalized spacial score (nSPS) is 14.9. The zero-order chi connectivity index (χ0) is 15.5. The molecule has 4 nitrogen and oxygen atoms in total. The fraction of sp³-hybridized carbons (Fsp3) is 0.588. The Morgan fingerprint density at radius 3 is 2.57 bits per heavy atom. The lowest BCUT2D eigenvalue weighted by molar-refractivity contribution is 0.315. The molecule has 0 heterocycles. The topological polar surface area (TPSA) is 70.6 Å². The highest BCUT2D eigenvalue weighted by molar-refractivity contribution is 5.80. The van der Waals surface area contributed by atoms with Crippen molar-refractivity contribution in [1.82, 2.24) is 5.32 Å². The molecule has 1 rings (SSSR count). The molecule has 0 radical (unpaired) electrons. The molecular weight excluding hydrogens is 262 g/mol. The summed E-state index contributed by atoms with van der Waals surface area (Å²) in [6.45, 7) is 5.43. The lowest BCUT2D eigenvalue weighted by Crippen LogP contribution is -2.30. The maximum absolute atomic E-state index is 8.81. The number of unbranched alkanes of at least 4 members (excludes halogenated alkanes) is 1. The summed E-state index contributed by atoms with van der Waals surface area (Å²) >= 11 is 0. The first-order chi connectivity index (χ1) is 10.2. The van der Waals surface area contributed by atoms with Crippen molar-refractivity contribution in [2.24, 2.45) is 16.8 Å². The van der Waals surface area contributed by atoms with E-state index >= 15 is 0 Å². The maximum Gasteiger partial charge on any atom is 0.141 e. The number of nitrogens with zero attached hydrogens (tertiary/aromatic N) is 1. The Bertz CT molecular complexity index is 406. The van der Waals surface area contributed by atoms with Gasteiger partial charge in [-0.2, -0.15) is 0 Å². The highest BCUT2D eigenvalue weighted by Gasteiger charge is 2.15. The SMILES string of the molecule is CCCCC(CC)CNC(C/C(N)=N/O)c1ccccc1. The van der Waals surface area contributed by atoms with Gasteiger partial charge < -0.3 is 16.3 Å². The van der Waals surface area contributed by atoms with Crippen molar-refractivity contribution >= 4 is 5.84 Å². The molecule has 2 atom stereocenters. The van der Waals surface area contributed by atoms with Crippen LogP contribution in [0.1, 0.15) is 57.6 Å². The summed E-state index contributed by atoms with van der Waals surface area (Å²) in [5.74, 6) is 0.946. The first-order valence-electron chi connectivity index (χ1n) is 7.95. The van der Waals surface area contributed by atoms with Gasteiger partial charge in [-0.05, 0) is 24.4 Å². The van der Waals surface area contributed by atoms with Crippen LogP contribution in [0.4, 0.5) is 0 Å². The molecule has 21 heavy (non-hydrogen) atoms. The minimum atomic E-state index is 0.0952. The molecule has 1 aromatic carbocycles. The van der Waals surface area contributed by atoms with Gasteiger partial charge in [-0.1, -0.05) is 68.6 Å². The van der Waals surface area contributed by atoms with E-state index in [1.165, 1.54) is 31.2 Å². The van der Waals surface area contributed by atoms with E-state index < -0.39 is 0 Å². The number of oxime groups is 1. The number of hydrogen-bond donors (Lipinski definition) is 3. The second-order valence-corrected chi connectivity index (χ2v) is 5.58. The molecule has 0 aliphatic carbocycles. The number of amidine groups is 1. The van der Waals surface area contributed by atoms with E-state index in [-0.39, 0.29) is 11.9 Å². The maximum atomic E-state index is 8.81. The van der Waals surface area contributed by atoms with Gasteiger partial charge in [0.25, 0.3) is 0 Å². The summed E-state index contributed by atoms with van der Waals surface area (Å²) in [6, 6.07) is 10.3. The molecule has 0 saturated heterocycles. The molecule has 0 fully saturated rings. The lowest BCUT2D eigenvalue weighted by Gasteiger charge is -2.22. The van der Waals surface area contributed by atoms with E-state index in [9.17, 15) is 0 Å². The quantitative estimate of drug-likeness (QED) is 0.266. The molecule has 4 N–H and O–H groups in total. The van der Waals surface area contributed by atoms with Crippen molar-refractivity contribution in [3.05, 3.63) is 35.9 Å². The van der Waals surface area contributed by atoms with Crippen LogP contribution in [0.25, 0.3) is 0 Å². The standard InChI is InChI=1S/C17H29N3O/c1-3-5-9-14(4-2)13-19-16(12-17(18)20-21)15-10-7-6-8-11-15/h6-8,10-11,14,16,19,21H,3-5,9,12-13H2,1-2H3,(H2,18,20). The lowest BCUT2D eigenvalue weighted by atomic mass is 9.97. The molecule has 0 aliphatic heterocycles. The number of nitrogens with one attached hydrogen (secondary N) is 1. The summed E-state index contributed by atoms with van der Waals surface area (Å²) in [5.41, 5.74) is 6.87. The van der Waals surface area contributed by atoms with Crippen molar-refractivity contribution in [2.45, 2.75) is 52.0 Å². The second kappa shape index (κ2) is 10.2. The molecule has 2 unspecified atom stereocenters. The third-order valence-electron chi connectivity index (χ3n) is 3.94. The van der Waals surface area contributed by atoms with Crippen LogP contribution in [-0.4, -0.2) is 17.6 Å². The van der Waals surface area contributed by atoms with Crippen molar-refractivity contribution in [3.8, 4) is 0 Å². The molecule has 1 aromatic rings. The number of rotatable bonds is 10. The summed E-state index contributed by atoms with van der Waals surface area (Å²) in [7, 11) is 0. The smallest absolute Gasteiger partial charge is 0.141 e. The van der Waals surface area contributed by atoms with E-state index in [1.54, 1.807) is 0 Å². The molecule has 0 aromatic heterocycles. The minimum Gasteiger partial charge on any atom is -0.409 e. The summed E-state index contributed by atoms with van der Waals surface area (Å²) in [6.07, 6.45) is 5.47. The van der Waals surface area contributed by atoms with Crippen LogP contribution in [0.3, 0.4) is 0 Å². The van der Waals surface area contributed by atoms with Crippen molar-refractivity contribution in [2.75, 3.05) is 6.54 Å². The van der Waals surface area contributed by atoms with Crippen molar-refractivity contribution in [3.63, 3.8) is 0 Å². The first-order valence-corrected chi connectivity index (χ1v) is 7.95. The van der Waals surface area contributed by atoms with Crippen LogP contribution >= 0.6 is 0 Å². The highest BCUT2D eigenvalue weighted by Crippen LogP contribution is 2.19. The fourth-order valence-electron chi connectivity index (χ4n) is 2.50. The van der Waals surface area contributed by atoms with Crippen LogP contribution in [0.2, 0.25) is 0 Å². The van der Waals surface area contributed by atoms with Gasteiger partial charge in [0, 0.05) is 12.5 Å². The van der Waals surface area contributed by atoms with Gasteiger partial charge in [0.2, 0.25) is 0 Å². The van der Waals surface area contributed by atoms with Crippen LogP contribution in [0.15, 0.2) is 35.5 Å². The largest absolute Gasteiger partial charge is 0.409 e. The monoisotopic (exact) mass is 291 g/mol. The van der Waals surface area contributed by atoms with E-state index in [0.29, 0.717) is 12.3 Å². The molecule has 0 saturated carbocycles. The summed E-state index contributed by atoms with van der Waals surface area (Å²) in [4.78, 5) is 0. The third kappa shape index (κ3) is 6.63. The number of nitrogens with two attached hydrogens (primary N) is 1. The van der Waals surface area contributed by atoms with Gasteiger partial charge >= 0.3 is 0 Å². The van der Waals surface area contributed by atoms with Crippen LogP contribution in [-0.2, 0) is 0 Å². The molecule has 0 spiro atoms. The molecule has 118 valence electrons. The zero-order valence-corrected chi connectivity index (χ0v) is 13.3. The average molecular weight is 291 g/mol. The third-order valence-corrected chi connectivity index (χ3v) is 3.94. The summed E-state index contributed by atoms with van der Waals surface area (Å²) < 4.78 is 0. The Labute approximate surface area is 128 Å². The van der Waals surface area contributed by atoms with Crippen LogP contribution < -0.4 is 11.1 Å². The second-order valence-electron chi connectivity index (χ2n) is 5.58. The summed E-state index contributed by atoms with van der Waals surface area (Å²) in [5, 5.41) is 15.5.